The second kappa shape index (κ2) is 6.83. The zero-order valence-electron chi connectivity index (χ0n) is 12.5. The van der Waals surface area contributed by atoms with Crippen molar-refractivity contribution in [2.75, 3.05) is 25.7 Å². The summed E-state index contributed by atoms with van der Waals surface area (Å²) >= 11 is 1.67. The van der Waals surface area contributed by atoms with Crippen LogP contribution in [0.2, 0.25) is 0 Å². The number of carbonyl (C=O) groups excluding carboxylic acids is 1. The van der Waals surface area contributed by atoms with Gasteiger partial charge in [-0.05, 0) is 20.1 Å². The van der Waals surface area contributed by atoms with Crippen LogP contribution in [0.15, 0.2) is 22.5 Å². The van der Waals surface area contributed by atoms with E-state index in [0.717, 1.165) is 11.4 Å². The average Bonchev–Trinajstić information content (AvgIpc) is 2.37. The summed E-state index contributed by atoms with van der Waals surface area (Å²) in [6.45, 7) is 6.03. The van der Waals surface area contributed by atoms with E-state index in [1.165, 1.54) is 7.11 Å². The lowest BCUT2D eigenvalue weighted by atomic mass is 9.86. The van der Waals surface area contributed by atoms with E-state index in [0.29, 0.717) is 17.8 Å². The first-order valence-corrected chi connectivity index (χ1v) is 7.75. The topological polar surface area (TPSA) is 66.8 Å². The Kier molecular flexibility index (Phi) is 5.68. The molecular weight excluding hydrogens is 278 g/mol. The third kappa shape index (κ3) is 3.00. The highest BCUT2D eigenvalue weighted by atomic mass is 32.2. The van der Waals surface area contributed by atoms with E-state index in [1.807, 2.05) is 18.1 Å². The van der Waals surface area contributed by atoms with Crippen molar-refractivity contribution in [1.82, 2.24) is 4.90 Å². The van der Waals surface area contributed by atoms with E-state index in [4.69, 9.17) is 4.74 Å². The maximum atomic E-state index is 12.0. The van der Waals surface area contributed by atoms with Crippen LogP contribution in [-0.4, -0.2) is 47.6 Å². The number of aliphatic carboxylic acids is 1. The fourth-order valence-electron chi connectivity index (χ4n) is 2.61. The van der Waals surface area contributed by atoms with Gasteiger partial charge in [0.1, 0.15) is 0 Å². The highest BCUT2D eigenvalue weighted by Gasteiger charge is 2.35. The number of carboxylic acids is 1. The maximum absolute atomic E-state index is 12.0. The largest absolute Gasteiger partial charge is 0.478 e. The number of nitrogens with zero attached hydrogens (tertiary/aromatic N) is 1. The van der Waals surface area contributed by atoms with Gasteiger partial charge in [-0.1, -0.05) is 6.92 Å². The number of carboxylic acid groups (broad SMARTS) is 1. The Morgan fingerprint density at radius 3 is 2.30 bits per heavy atom. The average molecular weight is 299 g/mol. The molecule has 1 unspecified atom stereocenters. The SMILES string of the molecule is COC(=O)C1=C(C)N(CCSC)C(C)=C(C(=O)O)C1C. The van der Waals surface area contributed by atoms with E-state index in [2.05, 4.69) is 0 Å². The van der Waals surface area contributed by atoms with Gasteiger partial charge in [0.25, 0.3) is 0 Å². The summed E-state index contributed by atoms with van der Waals surface area (Å²) in [6.07, 6.45) is 1.99. The molecule has 0 fully saturated rings. The first-order valence-electron chi connectivity index (χ1n) is 6.36. The molecule has 1 aliphatic rings. The molecule has 0 aromatic rings. The van der Waals surface area contributed by atoms with E-state index in [1.54, 1.807) is 25.6 Å². The van der Waals surface area contributed by atoms with Gasteiger partial charge >= 0.3 is 11.9 Å². The summed E-state index contributed by atoms with van der Waals surface area (Å²) in [4.78, 5) is 25.3. The minimum atomic E-state index is -0.988. The highest BCUT2D eigenvalue weighted by molar-refractivity contribution is 7.98. The number of esters is 1. The molecule has 6 heteroatoms. The summed E-state index contributed by atoms with van der Waals surface area (Å²) < 4.78 is 4.80. The van der Waals surface area contributed by atoms with E-state index < -0.39 is 17.9 Å². The Bertz CT molecular complexity index is 482. The monoisotopic (exact) mass is 299 g/mol. The summed E-state index contributed by atoms with van der Waals surface area (Å²) in [5, 5.41) is 9.42. The van der Waals surface area contributed by atoms with E-state index in [9.17, 15) is 14.7 Å². The van der Waals surface area contributed by atoms with Crippen molar-refractivity contribution in [1.29, 1.82) is 0 Å². The first-order chi connectivity index (χ1) is 9.36. The van der Waals surface area contributed by atoms with Crippen molar-refractivity contribution in [3.63, 3.8) is 0 Å². The summed E-state index contributed by atoms with van der Waals surface area (Å²) in [5.74, 6) is -1.07. The van der Waals surface area contributed by atoms with E-state index in [-0.39, 0.29) is 5.57 Å². The molecule has 0 aromatic heterocycles. The van der Waals surface area contributed by atoms with Gasteiger partial charge in [0.15, 0.2) is 0 Å². The predicted molar refractivity (Wildman–Crippen MR) is 79.3 cm³/mol. The summed E-state index contributed by atoms with van der Waals surface area (Å²) in [7, 11) is 1.31. The van der Waals surface area contributed by atoms with Gasteiger partial charge in [-0.3, -0.25) is 0 Å². The minimum absolute atomic E-state index is 0.261. The van der Waals surface area contributed by atoms with Crippen LogP contribution in [0, 0.1) is 5.92 Å². The molecule has 0 saturated heterocycles. The minimum Gasteiger partial charge on any atom is -0.478 e. The Morgan fingerprint density at radius 2 is 1.85 bits per heavy atom. The molecule has 1 N–H and O–H groups in total. The Morgan fingerprint density at radius 1 is 1.30 bits per heavy atom. The van der Waals surface area contributed by atoms with Crippen molar-refractivity contribution in [3.8, 4) is 0 Å². The maximum Gasteiger partial charge on any atom is 0.336 e. The molecular formula is C14H21NO4S. The first kappa shape index (κ1) is 16.6. The lowest BCUT2D eigenvalue weighted by Crippen LogP contribution is -2.35. The van der Waals surface area contributed by atoms with Gasteiger partial charge in [0, 0.05) is 29.6 Å². The second-order valence-corrected chi connectivity index (χ2v) is 5.65. The zero-order chi connectivity index (χ0) is 15.4. The summed E-state index contributed by atoms with van der Waals surface area (Å²) in [6, 6.07) is 0. The standard InChI is InChI=1S/C14H21NO4S/c1-8-11(13(16)17)9(2)15(6-7-20-5)10(3)12(8)14(18)19-4/h8H,6-7H2,1-5H3,(H,16,17). The van der Waals surface area contributed by atoms with Crippen LogP contribution in [0.3, 0.4) is 0 Å². The quantitative estimate of drug-likeness (QED) is 0.784. The fraction of sp³-hybridized carbons (Fsp3) is 0.571. The molecule has 0 saturated carbocycles. The Balaban J connectivity index is 3.33. The predicted octanol–water partition coefficient (Wildman–Crippen LogP) is 2.11. The van der Waals surface area contributed by atoms with Crippen molar-refractivity contribution >= 4 is 23.7 Å². The van der Waals surface area contributed by atoms with Crippen LogP contribution in [0.25, 0.3) is 0 Å². The van der Waals surface area contributed by atoms with Crippen molar-refractivity contribution in [2.24, 2.45) is 5.92 Å². The zero-order valence-corrected chi connectivity index (χ0v) is 13.3. The summed E-state index contributed by atoms with van der Waals surface area (Å²) in [5.41, 5.74) is 2.17. The van der Waals surface area contributed by atoms with Gasteiger partial charge in [0.2, 0.25) is 0 Å². The Hall–Kier alpha value is -1.43. The van der Waals surface area contributed by atoms with Crippen LogP contribution in [0.4, 0.5) is 0 Å². The number of thioether (sulfide) groups is 1. The molecule has 1 heterocycles. The van der Waals surface area contributed by atoms with Gasteiger partial charge < -0.3 is 14.7 Å². The molecule has 112 valence electrons. The van der Waals surface area contributed by atoms with Crippen LogP contribution in [-0.2, 0) is 14.3 Å². The smallest absolute Gasteiger partial charge is 0.336 e. The number of allylic oxidation sites excluding steroid dienone is 2. The normalized spacial score (nSPS) is 19.4. The van der Waals surface area contributed by atoms with E-state index >= 15 is 0 Å². The van der Waals surface area contributed by atoms with Crippen molar-refractivity contribution in [3.05, 3.63) is 22.5 Å². The third-order valence-corrected chi connectivity index (χ3v) is 4.20. The van der Waals surface area contributed by atoms with Crippen LogP contribution in [0.5, 0.6) is 0 Å². The molecule has 20 heavy (non-hydrogen) atoms. The molecule has 1 rings (SSSR count). The van der Waals surface area contributed by atoms with Gasteiger partial charge in [0.05, 0.1) is 18.3 Å². The highest BCUT2D eigenvalue weighted by Crippen LogP contribution is 2.35. The van der Waals surface area contributed by atoms with Gasteiger partial charge in [-0.2, -0.15) is 11.8 Å². The number of rotatable bonds is 5. The number of methoxy groups -OCH3 is 1. The molecule has 1 aliphatic heterocycles. The molecule has 0 bridgehead atoms. The van der Waals surface area contributed by atoms with Crippen LogP contribution >= 0.6 is 11.8 Å². The number of ether oxygens (including phenoxy) is 1. The van der Waals surface area contributed by atoms with Crippen molar-refractivity contribution in [2.45, 2.75) is 20.8 Å². The van der Waals surface area contributed by atoms with Gasteiger partial charge in [-0.15, -0.1) is 0 Å². The fourth-order valence-corrected chi connectivity index (χ4v) is 2.97. The number of hydrogen-bond donors (Lipinski definition) is 1. The number of hydrogen-bond acceptors (Lipinski definition) is 5. The molecule has 0 radical (unpaired) electrons. The third-order valence-electron chi connectivity index (χ3n) is 3.61. The molecule has 1 atom stereocenters. The second-order valence-electron chi connectivity index (χ2n) is 4.66. The lowest BCUT2D eigenvalue weighted by Gasteiger charge is -2.36. The molecule has 0 spiro atoms. The number of carbonyl (C=O) groups is 2. The van der Waals surface area contributed by atoms with Crippen LogP contribution < -0.4 is 0 Å². The molecule has 0 aromatic carbocycles. The lowest BCUT2D eigenvalue weighted by molar-refractivity contribution is -0.137. The molecule has 0 amide bonds. The van der Waals surface area contributed by atoms with Gasteiger partial charge in [-0.25, -0.2) is 9.59 Å². The molecule has 0 aliphatic carbocycles. The van der Waals surface area contributed by atoms with Crippen molar-refractivity contribution < 1.29 is 19.4 Å². The Labute approximate surface area is 123 Å². The molecule has 5 nitrogen and oxygen atoms in total. The van der Waals surface area contributed by atoms with Crippen LogP contribution in [0.1, 0.15) is 20.8 Å².